The number of hydrogen-bond acceptors (Lipinski definition) is 5. The van der Waals surface area contributed by atoms with Crippen molar-refractivity contribution in [3.05, 3.63) is 40.9 Å². The first kappa shape index (κ1) is 18.1. The molecule has 0 saturated carbocycles. The molecule has 1 aromatic rings. The molecular weight excluding hydrogens is 408 g/mol. The van der Waals surface area contributed by atoms with Crippen LogP contribution in [0.25, 0.3) is 0 Å². The number of allylic oxidation sites excluding steroid dienone is 1. The zero-order valence-corrected chi connectivity index (χ0v) is 16.2. The first-order chi connectivity index (χ1) is 11.8. The van der Waals surface area contributed by atoms with Gasteiger partial charge in [-0.05, 0) is 43.0 Å². The van der Waals surface area contributed by atoms with Crippen LogP contribution in [0.5, 0.6) is 0 Å². The van der Waals surface area contributed by atoms with Crippen molar-refractivity contribution in [2.75, 3.05) is 17.1 Å². The Morgan fingerprint density at radius 3 is 2.92 bits per heavy atom. The number of benzene rings is 1. The third-order valence-electron chi connectivity index (χ3n) is 4.58. The fourth-order valence-corrected chi connectivity index (χ4v) is 4.70. The summed E-state index contributed by atoms with van der Waals surface area (Å²) in [5.41, 5.74) is 2.42. The van der Waals surface area contributed by atoms with E-state index in [-0.39, 0.29) is 17.8 Å². The number of anilines is 1. The van der Waals surface area contributed by atoms with Gasteiger partial charge in [-0.3, -0.25) is 4.31 Å². The van der Waals surface area contributed by atoms with E-state index in [4.69, 9.17) is 4.84 Å². The van der Waals surface area contributed by atoms with Gasteiger partial charge in [-0.25, -0.2) is 13.2 Å². The average Bonchev–Trinajstić information content (AvgIpc) is 3.07. The van der Waals surface area contributed by atoms with E-state index >= 15 is 0 Å². The molecule has 2 aliphatic rings. The maximum atomic E-state index is 12.1. The first-order valence-electron chi connectivity index (χ1n) is 7.97. The summed E-state index contributed by atoms with van der Waals surface area (Å²) in [6.45, 7) is 4.07. The van der Waals surface area contributed by atoms with Gasteiger partial charge in [-0.2, -0.15) is 0 Å². The Morgan fingerprint density at radius 1 is 1.48 bits per heavy atom. The van der Waals surface area contributed by atoms with Gasteiger partial charge in [0.15, 0.2) is 0 Å². The molecular formula is C17H19BrN2O4S. The van der Waals surface area contributed by atoms with Crippen molar-refractivity contribution < 1.29 is 18.0 Å². The second-order valence-corrected chi connectivity index (χ2v) is 9.13. The van der Waals surface area contributed by atoms with Gasteiger partial charge in [0.05, 0.1) is 17.7 Å². The van der Waals surface area contributed by atoms with Gasteiger partial charge in [-0.15, -0.1) is 6.58 Å². The first-order valence-corrected chi connectivity index (χ1v) is 10.6. The summed E-state index contributed by atoms with van der Waals surface area (Å²) < 4.78 is 26.5. The molecule has 2 atom stereocenters. The summed E-state index contributed by atoms with van der Waals surface area (Å²) in [6.07, 6.45) is 4.67. The van der Waals surface area contributed by atoms with E-state index in [1.807, 2.05) is 18.2 Å². The topological polar surface area (TPSA) is 76.0 Å². The molecule has 0 aromatic heterocycles. The van der Waals surface area contributed by atoms with E-state index < -0.39 is 10.0 Å². The summed E-state index contributed by atoms with van der Waals surface area (Å²) >= 11 is 3.45. The Hall–Kier alpha value is -1.67. The fourth-order valence-electron chi connectivity index (χ4n) is 3.34. The maximum absolute atomic E-state index is 12.1. The molecule has 0 fully saturated rings. The summed E-state index contributed by atoms with van der Waals surface area (Å²) in [4.78, 5) is 16.5. The zero-order chi connectivity index (χ0) is 18.2. The van der Waals surface area contributed by atoms with E-state index in [1.165, 1.54) is 10.6 Å². The second-order valence-electron chi connectivity index (χ2n) is 6.30. The minimum atomic E-state index is -3.33. The molecule has 0 saturated heterocycles. The van der Waals surface area contributed by atoms with Crippen molar-refractivity contribution in [2.45, 2.75) is 25.2 Å². The van der Waals surface area contributed by atoms with Crippen LogP contribution < -0.4 is 4.31 Å². The van der Waals surface area contributed by atoms with Crippen molar-refractivity contribution in [1.82, 2.24) is 0 Å². The number of sulfonamides is 1. The van der Waals surface area contributed by atoms with Crippen LogP contribution in [0.2, 0.25) is 0 Å². The van der Waals surface area contributed by atoms with Crippen molar-refractivity contribution in [3.63, 3.8) is 0 Å². The Kier molecular flexibility index (Phi) is 5.02. The zero-order valence-electron chi connectivity index (χ0n) is 13.8. The average molecular weight is 427 g/mol. The highest BCUT2D eigenvalue weighted by Gasteiger charge is 2.36. The van der Waals surface area contributed by atoms with Crippen molar-refractivity contribution in [1.29, 1.82) is 0 Å². The van der Waals surface area contributed by atoms with Crippen LogP contribution in [0, 0.1) is 5.92 Å². The summed E-state index contributed by atoms with van der Waals surface area (Å²) in [7, 11) is -3.33. The number of halogens is 1. The van der Waals surface area contributed by atoms with Crippen LogP contribution in [0.15, 0.2) is 40.5 Å². The normalized spacial score (nSPS) is 22.6. The van der Waals surface area contributed by atoms with Gasteiger partial charge in [0.25, 0.3) is 0 Å². The lowest BCUT2D eigenvalue weighted by Crippen LogP contribution is -2.28. The lowest BCUT2D eigenvalue weighted by molar-refractivity contribution is -0.143. The maximum Gasteiger partial charge on any atom is 0.344 e. The minimum absolute atomic E-state index is 0.0463. The molecule has 6 nitrogen and oxygen atoms in total. The number of oxime groups is 1. The van der Waals surface area contributed by atoms with Crippen molar-refractivity contribution in [3.8, 4) is 0 Å². The third kappa shape index (κ3) is 3.64. The number of hydrogen-bond donors (Lipinski definition) is 0. The molecule has 0 amide bonds. The highest BCUT2D eigenvalue weighted by Crippen LogP contribution is 2.41. The Morgan fingerprint density at radius 2 is 2.24 bits per heavy atom. The Balaban J connectivity index is 1.79. The smallest absolute Gasteiger partial charge is 0.318 e. The van der Waals surface area contributed by atoms with E-state index in [1.54, 1.807) is 6.08 Å². The van der Waals surface area contributed by atoms with Gasteiger partial charge in [0, 0.05) is 16.9 Å². The van der Waals surface area contributed by atoms with Gasteiger partial charge >= 0.3 is 5.97 Å². The molecule has 25 heavy (non-hydrogen) atoms. The molecule has 8 heteroatoms. The van der Waals surface area contributed by atoms with Crippen LogP contribution in [-0.4, -0.2) is 32.9 Å². The number of carbonyl (C=O) groups is 1. The summed E-state index contributed by atoms with van der Waals surface area (Å²) in [6, 6.07) is 5.62. The molecule has 2 unspecified atom stereocenters. The largest absolute Gasteiger partial charge is 0.344 e. The molecule has 0 aliphatic carbocycles. The molecule has 1 aromatic carbocycles. The monoisotopic (exact) mass is 426 g/mol. The number of fused-ring (bicyclic) bond motifs is 1. The SMILES string of the molecule is C=CCC1C(=O)ON=C1CCC1CN(S(C)(=O)=O)c2ccc(Br)cc21. The third-order valence-corrected chi connectivity index (χ3v) is 6.22. The quantitative estimate of drug-likeness (QED) is 0.516. The second kappa shape index (κ2) is 6.92. The Labute approximate surface area is 155 Å². The summed E-state index contributed by atoms with van der Waals surface area (Å²) in [5.74, 6) is -0.667. The molecule has 3 rings (SSSR count). The van der Waals surface area contributed by atoms with Gasteiger partial charge in [0.1, 0.15) is 5.92 Å². The predicted molar refractivity (Wildman–Crippen MR) is 100 cm³/mol. The van der Waals surface area contributed by atoms with Crippen molar-refractivity contribution >= 4 is 43.3 Å². The van der Waals surface area contributed by atoms with Crippen molar-refractivity contribution in [2.24, 2.45) is 11.1 Å². The van der Waals surface area contributed by atoms with Gasteiger partial charge in [-0.1, -0.05) is 27.2 Å². The molecule has 134 valence electrons. The molecule has 2 aliphatic heterocycles. The highest BCUT2D eigenvalue weighted by atomic mass is 79.9. The lowest BCUT2D eigenvalue weighted by atomic mass is 9.90. The molecule has 0 radical (unpaired) electrons. The van der Waals surface area contributed by atoms with E-state index in [9.17, 15) is 13.2 Å². The Bertz CT molecular complexity index is 850. The predicted octanol–water partition coefficient (Wildman–Crippen LogP) is 3.20. The molecule has 0 bridgehead atoms. The standard InChI is InChI=1S/C17H19BrN2O4S/c1-3-4-13-15(19-24-17(13)21)7-5-11-10-20(25(2,22)23)16-8-6-12(18)9-14(11)16/h3,6,8-9,11,13H,1,4-5,7,10H2,2H3. The lowest BCUT2D eigenvalue weighted by Gasteiger charge is -2.17. The molecule has 0 N–H and O–H groups in total. The van der Waals surface area contributed by atoms with E-state index in [0.717, 1.165) is 15.7 Å². The number of nitrogens with zero attached hydrogens (tertiary/aromatic N) is 2. The van der Waals surface area contributed by atoms with Crippen LogP contribution in [0.4, 0.5) is 5.69 Å². The fraction of sp³-hybridized carbons (Fsp3) is 0.412. The summed E-state index contributed by atoms with van der Waals surface area (Å²) in [5, 5.41) is 3.90. The molecule has 2 heterocycles. The van der Waals surface area contributed by atoms with Gasteiger partial charge < -0.3 is 4.84 Å². The highest BCUT2D eigenvalue weighted by molar-refractivity contribution is 9.10. The van der Waals surface area contributed by atoms with Crippen LogP contribution in [-0.2, 0) is 19.7 Å². The minimum Gasteiger partial charge on any atom is -0.318 e. The van der Waals surface area contributed by atoms with Crippen LogP contribution in [0.1, 0.15) is 30.7 Å². The van der Waals surface area contributed by atoms with E-state index in [2.05, 4.69) is 27.7 Å². The number of carbonyl (C=O) groups excluding carboxylic acids is 1. The van der Waals surface area contributed by atoms with Crippen LogP contribution in [0.3, 0.4) is 0 Å². The number of rotatable bonds is 6. The molecule has 0 spiro atoms. The van der Waals surface area contributed by atoms with Gasteiger partial charge in [0.2, 0.25) is 10.0 Å². The van der Waals surface area contributed by atoms with E-state index in [0.29, 0.717) is 31.5 Å². The van der Waals surface area contributed by atoms with Crippen LogP contribution >= 0.6 is 15.9 Å².